The third-order valence-corrected chi connectivity index (χ3v) is 2.83. The minimum Gasteiger partial charge on any atom is -0.377 e. The Kier molecular flexibility index (Phi) is 2.92. The van der Waals surface area contributed by atoms with Crippen LogP contribution in [0.4, 0.5) is 5.82 Å². The second kappa shape index (κ2) is 4.22. The van der Waals surface area contributed by atoms with Gasteiger partial charge in [0, 0.05) is 18.3 Å². The molecule has 2 heterocycles. The van der Waals surface area contributed by atoms with Gasteiger partial charge in [-0.15, -0.1) is 0 Å². The van der Waals surface area contributed by atoms with E-state index in [2.05, 4.69) is 23.7 Å². The first-order valence-electron chi connectivity index (χ1n) is 5.40. The van der Waals surface area contributed by atoms with Crippen LogP contribution in [-0.4, -0.2) is 36.6 Å². The number of ether oxygens (including phenoxy) is 1. The van der Waals surface area contributed by atoms with E-state index in [1.807, 2.05) is 6.07 Å². The number of aldehydes is 1. The molecule has 0 amide bonds. The number of morpholine rings is 1. The summed E-state index contributed by atoms with van der Waals surface area (Å²) in [6, 6.07) is 3.68. The van der Waals surface area contributed by atoms with E-state index in [0.29, 0.717) is 12.2 Å². The fourth-order valence-corrected chi connectivity index (χ4v) is 1.91. The smallest absolute Gasteiger partial charge is 0.151 e. The van der Waals surface area contributed by atoms with E-state index in [9.17, 15) is 4.79 Å². The second-order valence-electron chi connectivity index (χ2n) is 4.58. The van der Waals surface area contributed by atoms with Crippen LogP contribution < -0.4 is 4.90 Å². The van der Waals surface area contributed by atoms with Gasteiger partial charge in [-0.25, -0.2) is 4.98 Å². The Bertz CT molecular complexity index is 373. The van der Waals surface area contributed by atoms with Crippen molar-refractivity contribution in [3.8, 4) is 0 Å². The van der Waals surface area contributed by atoms with E-state index < -0.39 is 0 Å². The molecule has 1 aromatic rings. The van der Waals surface area contributed by atoms with Crippen molar-refractivity contribution in [3.63, 3.8) is 0 Å². The van der Waals surface area contributed by atoms with Crippen LogP contribution in [0.5, 0.6) is 0 Å². The summed E-state index contributed by atoms with van der Waals surface area (Å²) in [5.41, 5.74) is 0.559. The summed E-state index contributed by atoms with van der Waals surface area (Å²) >= 11 is 0. The van der Waals surface area contributed by atoms with Crippen LogP contribution in [0.15, 0.2) is 18.3 Å². The highest BCUT2D eigenvalue weighted by atomic mass is 16.5. The molecule has 16 heavy (non-hydrogen) atoms. The maximum absolute atomic E-state index is 10.5. The van der Waals surface area contributed by atoms with Gasteiger partial charge in [0.05, 0.1) is 18.8 Å². The zero-order chi connectivity index (χ0) is 11.6. The first kappa shape index (κ1) is 11.1. The Morgan fingerprint density at radius 1 is 1.50 bits per heavy atom. The number of carbonyl (C=O) groups is 1. The van der Waals surface area contributed by atoms with Gasteiger partial charge < -0.3 is 9.64 Å². The van der Waals surface area contributed by atoms with Gasteiger partial charge >= 0.3 is 0 Å². The molecule has 4 nitrogen and oxygen atoms in total. The van der Waals surface area contributed by atoms with E-state index in [1.165, 1.54) is 0 Å². The zero-order valence-corrected chi connectivity index (χ0v) is 9.64. The fourth-order valence-electron chi connectivity index (χ4n) is 1.91. The summed E-state index contributed by atoms with van der Waals surface area (Å²) in [6.07, 6.45) is 2.41. The number of anilines is 1. The lowest BCUT2D eigenvalue weighted by Crippen LogP contribution is -2.53. The van der Waals surface area contributed by atoms with E-state index in [0.717, 1.165) is 25.3 Å². The Labute approximate surface area is 95.2 Å². The third kappa shape index (κ3) is 2.07. The molecular weight excluding hydrogens is 204 g/mol. The molecule has 1 aliphatic rings. The quantitative estimate of drug-likeness (QED) is 0.708. The Balaban J connectivity index is 2.24. The van der Waals surface area contributed by atoms with Crippen molar-refractivity contribution in [2.24, 2.45) is 0 Å². The molecule has 2 rings (SSSR count). The van der Waals surface area contributed by atoms with Gasteiger partial charge in [0.2, 0.25) is 0 Å². The molecular formula is C12H16N2O2. The van der Waals surface area contributed by atoms with E-state index in [1.54, 1.807) is 12.3 Å². The largest absolute Gasteiger partial charge is 0.377 e. The molecule has 0 spiro atoms. The number of aromatic nitrogens is 1. The molecule has 0 aromatic carbocycles. The van der Waals surface area contributed by atoms with Crippen LogP contribution in [-0.2, 0) is 4.74 Å². The summed E-state index contributed by atoms with van der Waals surface area (Å²) in [6.45, 7) is 6.51. The number of hydrogen-bond donors (Lipinski definition) is 0. The van der Waals surface area contributed by atoms with Crippen LogP contribution in [0.1, 0.15) is 24.2 Å². The maximum Gasteiger partial charge on any atom is 0.151 e. The summed E-state index contributed by atoms with van der Waals surface area (Å²) in [4.78, 5) is 17.1. The summed E-state index contributed by atoms with van der Waals surface area (Å²) in [5.74, 6) is 0.902. The van der Waals surface area contributed by atoms with Crippen molar-refractivity contribution < 1.29 is 9.53 Å². The van der Waals surface area contributed by atoms with Crippen LogP contribution >= 0.6 is 0 Å². The first-order valence-corrected chi connectivity index (χ1v) is 5.40. The van der Waals surface area contributed by atoms with Crippen molar-refractivity contribution in [2.75, 3.05) is 24.7 Å². The molecule has 0 bridgehead atoms. The number of hydrogen-bond acceptors (Lipinski definition) is 4. The summed E-state index contributed by atoms with van der Waals surface area (Å²) in [7, 11) is 0. The monoisotopic (exact) mass is 220 g/mol. The highest BCUT2D eigenvalue weighted by molar-refractivity contribution is 5.74. The van der Waals surface area contributed by atoms with Gasteiger partial charge in [0.25, 0.3) is 0 Å². The van der Waals surface area contributed by atoms with Gasteiger partial charge in [-0.2, -0.15) is 0 Å². The molecule has 0 radical (unpaired) electrons. The Morgan fingerprint density at radius 3 is 2.88 bits per heavy atom. The molecule has 1 aliphatic heterocycles. The van der Waals surface area contributed by atoms with Gasteiger partial charge in [0.1, 0.15) is 5.82 Å². The van der Waals surface area contributed by atoms with E-state index in [4.69, 9.17) is 4.74 Å². The standard InChI is InChI=1S/C12H16N2O2/c1-12(2)9-16-6-5-14(12)11-4-3-10(8-15)7-13-11/h3-4,7-8H,5-6,9H2,1-2H3. The number of pyridine rings is 1. The van der Waals surface area contributed by atoms with E-state index in [-0.39, 0.29) is 5.54 Å². The van der Waals surface area contributed by atoms with Crippen LogP contribution in [0.25, 0.3) is 0 Å². The summed E-state index contributed by atoms with van der Waals surface area (Å²) < 4.78 is 5.46. The van der Waals surface area contributed by atoms with Crippen molar-refractivity contribution in [2.45, 2.75) is 19.4 Å². The Hall–Kier alpha value is -1.42. The lowest BCUT2D eigenvalue weighted by atomic mass is 10.0. The maximum atomic E-state index is 10.5. The van der Waals surface area contributed by atoms with Crippen LogP contribution in [0.3, 0.4) is 0 Å². The summed E-state index contributed by atoms with van der Waals surface area (Å²) in [5, 5.41) is 0. The molecule has 1 saturated heterocycles. The van der Waals surface area contributed by atoms with Crippen molar-refractivity contribution >= 4 is 12.1 Å². The molecule has 0 atom stereocenters. The van der Waals surface area contributed by atoms with Crippen LogP contribution in [0.2, 0.25) is 0 Å². The first-order chi connectivity index (χ1) is 7.63. The second-order valence-corrected chi connectivity index (χ2v) is 4.58. The Morgan fingerprint density at radius 2 is 2.31 bits per heavy atom. The highest BCUT2D eigenvalue weighted by Crippen LogP contribution is 2.24. The van der Waals surface area contributed by atoms with Gasteiger partial charge in [-0.1, -0.05) is 0 Å². The molecule has 4 heteroatoms. The predicted octanol–water partition coefficient (Wildman–Crippen LogP) is 1.51. The SMILES string of the molecule is CC1(C)COCCN1c1ccc(C=O)cn1. The topological polar surface area (TPSA) is 42.4 Å². The molecule has 0 aliphatic carbocycles. The van der Waals surface area contributed by atoms with Gasteiger partial charge in [0.15, 0.2) is 6.29 Å². The van der Waals surface area contributed by atoms with Crippen LogP contribution in [0, 0.1) is 0 Å². The zero-order valence-electron chi connectivity index (χ0n) is 9.64. The van der Waals surface area contributed by atoms with Gasteiger partial charge in [-0.05, 0) is 26.0 Å². The predicted molar refractivity (Wildman–Crippen MR) is 61.9 cm³/mol. The van der Waals surface area contributed by atoms with Gasteiger partial charge in [-0.3, -0.25) is 4.79 Å². The molecule has 86 valence electrons. The lowest BCUT2D eigenvalue weighted by molar-refractivity contribution is 0.0639. The molecule has 0 saturated carbocycles. The van der Waals surface area contributed by atoms with Crippen molar-refractivity contribution in [1.82, 2.24) is 4.98 Å². The average Bonchev–Trinajstić information content (AvgIpc) is 2.29. The van der Waals surface area contributed by atoms with Crippen molar-refractivity contribution in [1.29, 1.82) is 0 Å². The number of rotatable bonds is 2. The average molecular weight is 220 g/mol. The highest BCUT2D eigenvalue weighted by Gasteiger charge is 2.31. The van der Waals surface area contributed by atoms with Crippen molar-refractivity contribution in [3.05, 3.63) is 23.9 Å². The molecule has 0 unspecified atom stereocenters. The minimum absolute atomic E-state index is 0.0477. The molecule has 0 N–H and O–H groups in total. The number of nitrogens with zero attached hydrogens (tertiary/aromatic N) is 2. The fraction of sp³-hybridized carbons (Fsp3) is 0.500. The minimum atomic E-state index is -0.0477. The van der Waals surface area contributed by atoms with E-state index >= 15 is 0 Å². The lowest BCUT2D eigenvalue weighted by Gasteiger charge is -2.42. The number of carbonyl (C=O) groups excluding carboxylic acids is 1. The normalized spacial score (nSPS) is 19.5. The molecule has 1 aromatic heterocycles. The third-order valence-electron chi connectivity index (χ3n) is 2.83. The molecule has 1 fully saturated rings.